The molecule has 0 spiro atoms. The van der Waals surface area contributed by atoms with Crippen LogP contribution in [-0.2, 0) is 9.47 Å². The summed E-state index contributed by atoms with van der Waals surface area (Å²) in [6, 6.07) is 5.31. The normalized spacial score (nSPS) is 10.6. The molecular formula is C10H13ClO3. The van der Waals surface area contributed by atoms with E-state index < -0.39 is 6.29 Å². The molecule has 0 aliphatic heterocycles. The highest BCUT2D eigenvalue weighted by molar-refractivity contribution is 6.30. The second-order valence-electron chi connectivity index (χ2n) is 2.69. The van der Waals surface area contributed by atoms with Crippen LogP contribution in [0.15, 0.2) is 18.2 Å². The fraction of sp³-hybridized carbons (Fsp3) is 0.400. The quantitative estimate of drug-likeness (QED) is 0.725. The summed E-state index contributed by atoms with van der Waals surface area (Å²) in [5.74, 6) is 0.659. The molecule has 3 nitrogen and oxygen atoms in total. The minimum Gasteiger partial charge on any atom is -0.496 e. The molecule has 0 bridgehead atoms. The van der Waals surface area contributed by atoms with Gasteiger partial charge in [0.15, 0.2) is 6.29 Å². The van der Waals surface area contributed by atoms with Crippen molar-refractivity contribution in [2.24, 2.45) is 0 Å². The van der Waals surface area contributed by atoms with Crippen LogP contribution in [0.2, 0.25) is 5.02 Å². The molecule has 1 rings (SSSR count). The lowest BCUT2D eigenvalue weighted by Gasteiger charge is -2.16. The Balaban J connectivity index is 3.06. The zero-order chi connectivity index (χ0) is 10.6. The summed E-state index contributed by atoms with van der Waals surface area (Å²) < 4.78 is 15.4. The fourth-order valence-electron chi connectivity index (χ4n) is 1.23. The van der Waals surface area contributed by atoms with Gasteiger partial charge in [0.05, 0.1) is 7.11 Å². The van der Waals surface area contributed by atoms with E-state index in [0.29, 0.717) is 10.8 Å². The van der Waals surface area contributed by atoms with E-state index >= 15 is 0 Å². The predicted octanol–water partition coefficient (Wildman–Crippen LogP) is 2.64. The lowest BCUT2D eigenvalue weighted by Crippen LogP contribution is -2.05. The maximum atomic E-state index is 5.83. The second kappa shape index (κ2) is 5.20. The summed E-state index contributed by atoms with van der Waals surface area (Å²) in [5.41, 5.74) is 0.821. The van der Waals surface area contributed by atoms with Gasteiger partial charge in [0, 0.05) is 24.8 Å². The van der Waals surface area contributed by atoms with Crippen molar-refractivity contribution < 1.29 is 14.2 Å². The van der Waals surface area contributed by atoms with Gasteiger partial charge >= 0.3 is 0 Å². The lowest BCUT2D eigenvalue weighted by atomic mass is 10.2. The zero-order valence-electron chi connectivity index (χ0n) is 8.41. The third kappa shape index (κ3) is 2.38. The van der Waals surface area contributed by atoms with Crippen molar-refractivity contribution in [3.8, 4) is 5.75 Å². The van der Waals surface area contributed by atoms with E-state index in [1.54, 1.807) is 33.5 Å². The van der Waals surface area contributed by atoms with E-state index in [0.717, 1.165) is 5.56 Å². The van der Waals surface area contributed by atoms with Crippen molar-refractivity contribution >= 4 is 11.6 Å². The van der Waals surface area contributed by atoms with Crippen molar-refractivity contribution in [2.45, 2.75) is 6.29 Å². The van der Waals surface area contributed by atoms with Crippen molar-refractivity contribution in [3.05, 3.63) is 28.8 Å². The van der Waals surface area contributed by atoms with Crippen LogP contribution in [-0.4, -0.2) is 21.3 Å². The van der Waals surface area contributed by atoms with E-state index in [-0.39, 0.29) is 0 Å². The summed E-state index contributed by atoms with van der Waals surface area (Å²) in [6.07, 6.45) is -0.429. The van der Waals surface area contributed by atoms with Crippen molar-refractivity contribution in [2.75, 3.05) is 21.3 Å². The van der Waals surface area contributed by atoms with Crippen LogP contribution in [0.5, 0.6) is 5.75 Å². The molecule has 0 heterocycles. The van der Waals surface area contributed by atoms with Gasteiger partial charge in [-0.15, -0.1) is 0 Å². The van der Waals surface area contributed by atoms with Gasteiger partial charge in [-0.05, 0) is 18.2 Å². The molecule has 0 atom stereocenters. The smallest absolute Gasteiger partial charge is 0.186 e. The van der Waals surface area contributed by atoms with Gasteiger partial charge in [-0.2, -0.15) is 0 Å². The van der Waals surface area contributed by atoms with Crippen LogP contribution in [0.3, 0.4) is 0 Å². The highest BCUT2D eigenvalue weighted by Gasteiger charge is 2.14. The van der Waals surface area contributed by atoms with Crippen LogP contribution >= 0.6 is 11.6 Å². The van der Waals surface area contributed by atoms with Gasteiger partial charge in [0.25, 0.3) is 0 Å². The average Bonchev–Trinajstić information content (AvgIpc) is 2.21. The Morgan fingerprint density at radius 1 is 1.14 bits per heavy atom. The van der Waals surface area contributed by atoms with Crippen molar-refractivity contribution in [3.63, 3.8) is 0 Å². The second-order valence-corrected chi connectivity index (χ2v) is 3.13. The van der Waals surface area contributed by atoms with Crippen LogP contribution in [0.25, 0.3) is 0 Å². The largest absolute Gasteiger partial charge is 0.496 e. The molecule has 0 saturated heterocycles. The molecule has 14 heavy (non-hydrogen) atoms. The van der Waals surface area contributed by atoms with Gasteiger partial charge < -0.3 is 14.2 Å². The van der Waals surface area contributed by atoms with Crippen LogP contribution in [0.4, 0.5) is 0 Å². The van der Waals surface area contributed by atoms with Gasteiger partial charge in [-0.25, -0.2) is 0 Å². The fourth-order valence-corrected chi connectivity index (χ4v) is 1.39. The van der Waals surface area contributed by atoms with Gasteiger partial charge in [-0.3, -0.25) is 0 Å². The Hall–Kier alpha value is -0.770. The Bertz CT molecular complexity index is 297. The molecule has 0 unspecified atom stereocenters. The molecule has 4 heteroatoms. The number of methoxy groups -OCH3 is 3. The van der Waals surface area contributed by atoms with Gasteiger partial charge in [0.2, 0.25) is 0 Å². The van der Waals surface area contributed by atoms with Crippen LogP contribution < -0.4 is 4.74 Å². The third-order valence-electron chi connectivity index (χ3n) is 1.88. The number of hydrogen-bond acceptors (Lipinski definition) is 3. The lowest BCUT2D eigenvalue weighted by molar-refractivity contribution is -0.106. The summed E-state index contributed by atoms with van der Waals surface area (Å²) in [4.78, 5) is 0. The first kappa shape index (κ1) is 11.3. The maximum absolute atomic E-state index is 5.83. The van der Waals surface area contributed by atoms with E-state index in [1.807, 2.05) is 6.07 Å². The summed E-state index contributed by atoms with van der Waals surface area (Å²) in [6.45, 7) is 0. The molecule has 0 N–H and O–H groups in total. The molecule has 1 aromatic rings. The first-order valence-corrected chi connectivity index (χ1v) is 4.49. The summed E-state index contributed by atoms with van der Waals surface area (Å²) in [7, 11) is 4.72. The molecule has 0 amide bonds. The molecular weight excluding hydrogens is 204 g/mol. The maximum Gasteiger partial charge on any atom is 0.186 e. The van der Waals surface area contributed by atoms with E-state index in [4.69, 9.17) is 25.8 Å². The molecule has 0 aliphatic rings. The average molecular weight is 217 g/mol. The van der Waals surface area contributed by atoms with Crippen molar-refractivity contribution in [1.29, 1.82) is 0 Å². The monoisotopic (exact) mass is 216 g/mol. The molecule has 0 saturated carbocycles. The Morgan fingerprint density at radius 3 is 2.29 bits per heavy atom. The van der Waals surface area contributed by atoms with Crippen LogP contribution in [0, 0.1) is 0 Å². The Morgan fingerprint density at radius 2 is 1.79 bits per heavy atom. The summed E-state index contributed by atoms with van der Waals surface area (Å²) in [5, 5.41) is 0.622. The first-order valence-electron chi connectivity index (χ1n) is 4.12. The minimum atomic E-state index is -0.429. The number of rotatable bonds is 4. The Labute approximate surface area is 88.5 Å². The van der Waals surface area contributed by atoms with E-state index in [1.165, 1.54) is 0 Å². The van der Waals surface area contributed by atoms with Crippen LogP contribution in [0.1, 0.15) is 11.9 Å². The van der Waals surface area contributed by atoms with Gasteiger partial charge in [0.1, 0.15) is 5.75 Å². The zero-order valence-corrected chi connectivity index (χ0v) is 9.17. The molecule has 0 aliphatic carbocycles. The highest BCUT2D eigenvalue weighted by Crippen LogP contribution is 2.30. The first-order chi connectivity index (χ1) is 6.72. The number of benzene rings is 1. The molecule has 1 aromatic carbocycles. The van der Waals surface area contributed by atoms with E-state index in [9.17, 15) is 0 Å². The highest BCUT2D eigenvalue weighted by atomic mass is 35.5. The standard InChI is InChI=1S/C10H13ClO3/c1-12-9-6-7(11)4-5-8(9)10(13-2)14-3/h4-6,10H,1-3H3. The predicted molar refractivity (Wildman–Crippen MR) is 54.8 cm³/mol. The molecule has 0 fully saturated rings. The molecule has 0 aromatic heterocycles. The number of ether oxygens (including phenoxy) is 3. The third-order valence-corrected chi connectivity index (χ3v) is 2.11. The van der Waals surface area contributed by atoms with Crippen molar-refractivity contribution in [1.82, 2.24) is 0 Å². The topological polar surface area (TPSA) is 27.7 Å². The number of halogens is 1. The SMILES string of the molecule is COc1cc(Cl)ccc1C(OC)OC. The Kier molecular flexibility index (Phi) is 4.20. The van der Waals surface area contributed by atoms with E-state index in [2.05, 4.69) is 0 Å². The molecule has 78 valence electrons. The molecule has 0 radical (unpaired) electrons. The number of hydrogen-bond donors (Lipinski definition) is 0. The summed E-state index contributed by atoms with van der Waals surface area (Å²) >= 11 is 5.83. The van der Waals surface area contributed by atoms with Gasteiger partial charge in [-0.1, -0.05) is 11.6 Å². The minimum absolute atomic E-state index is 0.429.